The number of carbonyl (C=O) groups is 1. The van der Waals surface area contributed by atoms with Gasteiger partial charge in [0.15, 0.2) is 5.78 Å². The summed E-state index contributed by atoms with van der Waals surface area (Å²) < 4.78 is 0. The minimum Gasteiger partial charge on any atom is -0.507 e. The van der Waals surface area contributed by atoms with Gasteiger partial charge < -0.3 is 5.11 Å². The zero-order valence-corrected chi connectivity index (χ0v) is 13.9. The molecule has 0 aromatic heterocycles. The highest BCUT2D eigenvalue weighted by Crippen LogP contribution is 2.56. The van der Waals surface area contributed by atoms with Crippen LogP contribution >= 0.6 is 0 Å². The largest absolute Gasteiger partial charge is 0.507 e. The molecule has 2 aliphatic rings. The highest BCUT2D eigenvalue weighted by molar-refractivity contribution is 5.98. The van der Waals surface area contributed by atoms with Crippen molar-refractivity contribution < 1.29 is 9.90 Å². The zero-order valence-electron chi connectivity index (χ0n) is 13.9. The lowest BCUT2D eigenvalue weighted by molar-refractivity contribution is 0.0965. The summed E-state index contributed by atoms with van der Waals surface area (Å²) in [5.41, 5.74) is 1.97. The molecular weight excluding hydrogens is 296 g/mol. The van der Waals surface area contributed by atoms with Gasteiger partial charge in [-0.15, -0.1) is 0 Å². The zero-order chi connectivity index (χ0) is 16.5. The lowest BCUT2D eigenvalue weighted by Gasteiger charge is -2.28. The number of aromatic hydroxyl groups is 1. The lowest BCUT2D eigenvalue weighted by atomic mass is 9.77. The van der Waals surface area contributed by atoms with Gasteiger partial charge in [0.05, 0.1) is 5.56 Å². The molecule has 0 saturated heterocycles. The van der Waals surface area contributed by atoms with E-state index in [1.54, 1.807) is 18.2 Å². The summed E-state index contributed by atoms with van der Waals surface area (Å²) in [6.07, 6.45) is 5.40. The van der Waals surface area contributed by atoms with Crippen molar-refractivity contribution in [2.45, 2.75) is 38.0 Å². The van der Waals surface area contributed by atoms with Gasteiger partial charge in [-0.25, -0.2) is 0 Å². The fourth-order valence-corrected chi connectivity index (χ4v) is 5.02. The van der Waals surface area contributed by atoms with Crippen LogP contribution in [0.15, 0.2) is 54.6 Å². The van der Waals surface area contributed by atoms with Gasteiger partial charge in [-0.1, -0.05) is 42.5 Å². The van der Waals surface area contributed by atoms with Gasteiger partial charge >= 0.3 is 0 Å². The molecule has 0 radical (unpaired) electrons. The van der Waals surface area contributed by atoms with Crippen LogP contribution in [0.2, 0.25) is 0 Å². The first-order chi connectivity index (χ1) is 11.7. The first-order valence-electron chi connectivity index (χ1n) is 9.08. The quantitative estimate of drug-likeness (QED) is 0.770. The number of rotatable bonds is 5. The van der Waals surface area contributed by atoms with E-state index in [4.69, 9.17) is 0 Å². The molecule has 2 bridgehead atoms. The van der Waals surface area contributed by atoms with Crippen molar-refractivity contribution in [2.24, 2.45) is 17.8 Å². The van der Waals surface area contributed by atoms with Crippen molar-refractivity contribution in [1.29, 1.82) is 0 Å². The first kappa shape index (κ1) is 15.4. The Morgan fingerprint density at radius 2 is 1.67 bits per heavy atom. The van der Waals surface area contributed by atoms with Crippen LogP contribution in [0.1, 0.15) is 53.9 Å². The molecule has 2 nitrogen and oxygen atoms in total. The Morgan fingerprint density at radius 1 is 0.917 bits per heavy atom. The maximum atomic E-state index is 12.4. The van der Waals surface area contributed by atoms with Crippen LogP contribution in [-0.2, 0) is 0 Å². The molecule has 24 heavy (non-hydrogen) atoms. The van der Waals surface area contributed by atoms with Crippen LogP contribution in [0.3, 0.4) is 0 Å². The van der Waals surface area contributed by atoms with Crippen molar-refractivity contribution in [2.75, 3.05) is 0 Å². The van der Waals surface area contributed by atoms with E-state index >= 15 is 0 Å². The predicted molar refractivity (Wildman–Crippen MR) is 95.2 cm³/mol. The highest BCUT2D eigenvalue weighted by Gasteiger charge is 2.45. The van der Waals surface area contributed by atoms with Crippen molar-refractivity contribution in [3.05, 3.63) is 65.7 Å². The van der Waals surface area contributed by atoms with E-state index in [1.807, 2.05) is 6.07 Å². The number of ketones is 1. The second-order valence-electron chi connectivity index (χ2n) is 7.48. The number of hydrogen-bond acceptors (Lipinski definition) is 2. The Bertz CT molecular complexity index is 722. The molecule has 124 valence electrons. The summed E-state index contributed by atoms with van der Waals surface area (Å²) in [6.45, 7) is 0. The molecule has 4 unspecified atom stereocenters. The number of phenolic OH excluding ortho intramolecular Hbond substituents is 1. The fraction of sp³-hybridized carbons (Fsp3) is 0.409. The topological polar surface area (TPSA) is 37.3 Å². The first-order valence-corrected chi connectivity index (χ1v) is 9.08. The molecule has 0 amide bonds. The molecule has 0 spiro atoms. The third kappa shape index (κ3) is 2.86. The molecule has 2 saturated carbocycles. The van der Waals surface area contributed by atoms with E-state index in [-0.39, 0.29) is 11.5 Å². The summed E-state index contributed by atoms with van der Waals surface area (Å²) in [4.78, 5) is 12.4. The van der Waals surface area contributed by atoms with E-state index < -0.39 is 0 Å². The molecule has 1 N–H and O–H groups in total. The maximum Gasteiger partial charge on any atom is 0.166 e. The second kappa shape index (κ2) is 6.43. The maximum absolute atomic E-state index is 12.4. The number of phenols is 1. The number of carbonyl (C=O) groups excluding carboxylic acids is 1. The number of hydrogen-bond donors (Lipinski definition) is 1. The molecule has 0 aliphatic heterocycles. The van der Waals surface area contributed by atoms with E-state index in [0.717, 1.165) is 24.2 Å². The normalized spacial score (nSPS) is 28.2. The van der Waals surface area contributed by atoms with Crippen LogP contribution in [0, 0.1) is 17.8 Å². The Balaban J connectivity index is 1.35. The van der Waals surface area contributed by atoms with Crippen molar-refractivity contribution in [1.82, 2.24) is 0 Å². The standard InChI is InChI=1S/C22H24O2/c23-21-9-5-4-8-19(21)22(24)11-10-16-12-18-13-17(16)14-20(18)15-6-2-1-3-7-15/h1-9,16-18,20,23H,10-14H2. The average Bonchev–Trinajstić information content (AvgIpc) is 3.21. The summed E-state index contributed by atoms with van der Waals surface area (Å²) in [5.74, 6) is 3.17. The molecular formula is C22H24O2. The Morgan fingerprint density at radius 3 is 2.38 bits per heavy atom. The van der Waals surface area contributed by atoms with Crippen molar-refractivity contribution >= 4 is 5.78 Å². The molecule has 4 atom stereocenters. The third-order valence-corrected chi connectivity index (χ3v) is 6.18. The summed E-state index contributed by atoms with van der Waals surface area (Å²) in [5, 5.41) is 9.82. The average molecular weight is 320 g/mol. The van der Waals surface area contributed by atoms with Crippen molar-refractivity contribution in [3.8, 4) is 5.75 Å². The molecule has 4 rings (SSSR count). The van der Waals surface area contributed by atoms with Gasteiger partial charge in [-0.3, -0.25) is 4.79 Å². The molecule has 2 aliphatic carbocycles. The molecule has 2 aromatic rings. The van der Waals surface area contributed by atoms with Gasteiger partial charge in [0, 0.05) is 6.42 Å². The number of fused-ring (bicyclic) bond motifs is 2. The summed E-state index contributed by atoms with van der Waals surface area (Å²) >= 11 is 0. The molecule has 2 heteroatoms. The summed E-state index contributed by atoms with van der Waals surface area (Å²) in [7, 11) is 0. The van der Waals surface area contributed by atoms with Crippen LogP contribution < -0.4 is 0 Å². The molecule has 0 heterocycles. The third-order valence-electron chi connectivity index (χ3n) is 6.18. The predicted octanol–water partition coefficient (Wildman–Crippen LogP) is 5.19. The van der Waals surface area contributed by atoms with Gasteiger partial charge in [0.2, 0.25) is 0 Å². The van der Waals surface area contributed by atoms with E-state index in [2.05, 4.69) is 30.3 Å². The van der Waals surface area contributed by atoms with E-state index in [1.165, 1.54) is 24.8 Å². The second-order valence-corrected chi connectivity index (χ2v) is 7.48. The monoisotopic (exact) mass is 320 g/mol. The van der Waals surface area contributed by atoms with Crippen molar-refractivity contribution in [3.63, 3.8) is 0 Å². The highest BCUT2D eigenvalue weighted by atomic mass is 16.3. The Labute approximate surface area is 143 Å². The van der Waals surface area contributed by atoms with E-state index in [0.29, 0.717) is 17.9 Å². The van der Waals surface area contributed by atoms with Crippen LogP contribution in [-0.4, -0.2) is 10.9 Å². The fourth-order valence-electron chi connectivity index (χ4n) is 5.02. The Kier molecular flexibility index (Phi) is 4.13. The minimum atomic E-state index is 0.0792. The molecule has 2 fully saturated rings. The van der Waals surface area contributed by atoms with Crippen LogP contribution in [0.4, 0.5) is 0 Å². The SMILES string of the molecule is O=C(CCC1CC2CC1CC2c1ccccc1)c1ccccc1O. The molecule has 2 aromatic carbocycles. The lowest BCUT2D eigenvalue weighted by Crippen LogP contribution is -2.17. The van der Waals surface area contributed by atoms with Gasteiger partial charge in [0.25, 0.3) is 0 Å². The summed E-state index contributed by atoms with van der Waals surface area (Å²) in [6, 6.07) is 17.8. The number of benzene rings is 2. The van der Waals surface area contributed by atoms with Gasteiger partial charge in [-0.2, -0.15) is 0 Å². The number of Topliss-reactive ketones (excluding diaryl/α,β-unsaturated/α-hetero) is 1. The van der Waals surface area contributed by atoms with Gasteiger partial charge in [-0.05, 0) is 67.1 Å². The Hall–Kier alpha value is -2.09. The minimum absolute atomic E-state index is 0.0792. The number of para-hydroxylation sites is 1. The van der Waals surface area contributed by atoms with Crippen LogP contribution in [0.25, 0.3) is 0 Å². The van der Waals surface area contributed by atoms with Crippen LogP contribution in [0.5, 0.6) is 5.75 Å². The smallest absolute Gasteiger partial charge is 0.166 e. The van der Waals surface area contributed by atoms with Gasteiger partial charge in [0.1, 0.15) is 5.75 Å². The van der Waals surface area contributed by atoms with E-state index in [9.17, 15) is 9.90 Å².